The number of fused-ring (bicyclic) bond motifs is 1. The number of nitrogens with zero attached hydrogens (tertiary/aromatic N) is 5. The number of carboxylic acids is 1. The Labute approximate surface area is 231 Å². The second-order valence-corrected chi connectivity index (χ2v) is 11.4. The summed E-state index contributed by atoms with van der Waals surface area (Å²) in [6.07, 6.45) is 2.95. The molecule has 2 aromatic heterocycles. The summed E-state index contributed by atoms with van der Waals surface area (Å²) >= 11 is 0. The van der Waals surface area contributed by atoms with Crippen LogP contribution in [0.4, 0.5) is 5.82 Å². The van der Waals surface area contributed by atoms with Gasteiger partial charge in [0, 0.05) is 12.8 Å². The molecule has 0 radical (unpaired) electrons. The molecular formula is C27H32N7O5P. The van der Waals surface area contributed by atoms with E-state index in [2.05, 4.69) is 25.2 Å². The average Bonchev–Trinajstić information content (AvgIpc) is 3.35. The van der Waals surface area contributed by atoms with Gasteiger partial charge in [-0.05, 0) is 25.0 Å². The van der Waals surface area contributed by atoms with E-state index in [4.69, 9.17) is 15.1 Å². The van der Waals surface area contributed by atoms with E-state index in [-0.39, 0.29) is 5.82 Å². The molecule has 0 spiro atoms. The van der Waals surface area contributed by atoms with Gasteiger partial charge in [-0.3, -0.25) is 9.36 Å². The van der Waals surface area contributed by atoms with Crippen LogP contribution < -0.4 is 10.8 Å². The average molecular weight is 566 g/mol. The largest absolute Gasteiger partial charge is 0.480 e. The van der Waals surface area contributed by atoms with E-state index in [1.807, 2.05) is 60.7 Å². The van der Waals surface area contributed by atoms with Gasteiger partial charge < -0.3 is 24.8 Å². The minimum absolute atomic E-state index is 0.266. The van der Waals surface area contributed by atoms with Crippen molar-refractivity contribution >= 4 is 36.2 Å². The van der Waals surface area contributed by atoms with Crippen LogP contribution in [0.25, 0.3) is 11.2 Å². The van der Waals surface area contributed by atoms with Gasteiger partial charge in [-0.15, -0.1) is 0 Å². The molecule has 3 atom stereocenters. The highest BCUT2D eigenvalue weighted by atomic mass is 31.2. The van der Waals surface area contributed by atoms with E-state index in [1.54, 1.807) is 17.8 Å². The number of nitrogens with two attached hydrogens (primary N) is 1. The van der Waals surface area contributed by atoms with Crippen molar-refractivity contribution in [3.8, 4) is 0 Å². The third-order valence-corrected chi connectivity index (χ3v) is 7.59. The van der Waals surface area contributed by atoms with E-state index < -0.39 is 32.0 Å². The van der Waals surface area contributed by atoms with E-state index in [9.17, 15) is 14.5 Å². The summed E-state index contributed by atoms with van der Waals surface area (Å²) in [5.74, 6) is -0.918. The van der Waals surface area contributed by atoms with E-state index in [0.29, 0.717) is 36.3 Å². The Kier molecular flexibility index (Phi) is 9.60. The molecule has 0 aliphatic carbocycles. The molecule has 0 bridgehead atoms. The van der Waals surface area contributed by atoms with Gasteiger partial charge in [0.1, 0.15) is 24.2 Å². The maximum atomic E-state index is 13.8. The molecule has 210 valence electrons. The zero-order chi connectivity index (χ0) is 28.5. The van der Waals surface area contributed by atoms with Gasteiger partial charge in [-0.25, -0.2) is 20.0 Å². The molecule has 4 N–H and O–H groups in total. The third-order valence-electron chi connectivity index (χ3n) is 5.98. The van der Waals surface area contributed by atoms with Gasteiger partial charge in [0.05, 0.1) is 24.7 Å². The number of nitrogens with one attached hydrogen (secondary N) is 1. The summed E-state index contributed by atoms with van der Waals surface area (Å²) in [4.78, 5) is 23.9. The highest BCUT2D eigenvalue weighted by Gasteiger charge is 2.31. The van der Waals surface area contributed by atoms with Gasteiger partial charge in [-0.2, -0.15) is 0 Å². The maximum Gasteiger partial charge on any atom is 0.364 e. The van der Waals surface area contributed by atoms with Crippen molar-refractivity contribution in [2.45, 2.75) is 45.4 Å². The van der Waals surface area contributed by atoms with Crippen LogP contribution >= 0.6 is 7.52 Å². The predicted octanol–water partition coefficient (Wildman–Crippen LogP) is 3.88. The number of aliphatic carboxylic acids is 1. The van der Waals surface area contributed by atoms with Crippen molar-refractivity contribution in [1.82, 2.24) is 24.6 Å². The summed E-state index contributed by atoms with van der Waals surface area (Å²) in [6.45, 7) is 3.47. The Balaban J connectivity index is 1.51. The molecule has 0 aliphatic rings. The fraction of sp³-hybridized carbons (Fsp3) is 0.296. The van der Waals surface area contributed by atoms with Crippen LogP contribution in [-0.4, -0.2) is 54.8 Å². The Morgan fingerprint density at radius 2 is 1.68 bits per heavy atom. The number of rotatable bonds is 14. The number of aromatic nitrogens is 4. The molecule has 13 heteroatoms. The number of benzene rings is 2. The van der Waals surface area contributed by atoms with Crippen molar-refractivity contribution in [1.29, 1.82) is 0 Å². The lowest BCUT2D eigenvalue weighted by molar-refractivity contribution is -0.138. The van der Waals surface area contributed by atoms with Crippen molar-refractivity contribution in [3.05, 3.63) is 84.4 Å². The SMILES string of the molecule is C[C@H](NP(=O)(CO[C@@H](C)Cn1cnc2c(N)ncnc21)ON=C(Cc1ccccc1)Cc1ccccc1)C(=O)O. The lowest BCUT2D eigenvalue weighted by Gasteiger charge is -2.22. The monoisotopic (exact) mass is 565 g/mol. The molecule has 0 aliphatic heterocycles. The van der Waals surface area contributed by atoms with Crippen molar-refractivity contribution in [2.24, 2.45) is 5.16 Å². The standard InChI is InChI=1S/C27H32N7O5P/c1-19(15-34-17-31-24-25(28)29-16-30-26(24)34)38-18-40(37,33-20(2)27(35)36)39-32-23(13-21-9-5-3-6-10-21)14-22-11-7-4-8-12-22/h3-12,16-17,19-20H,13-15,18H2,1-2H3,(H,33,37)(H,35,36)(H2,28,29,30)/t19-,20-,40?/m0/s1. The Bertz CT molecular complexity index is 1450. The highest BCUT2D eigenvalue weighted by Crippen LogP contribution is 2.44. The van der Waals surface area contributed by atoms with Gasteiger partial charge in [0.2, 0.25) is 0 Å². The number of anilines is 1. The van der Waals surface area contributed by atoms with Crippen LogP contribution in [0.5, 0.6) is 0 Å². The smallest absolute Gasteiger partial charge is 0.364 e. The first-order valence-corrected chi connectivity index (χ1v) is 14.5. The van der Waals surface area contributed by atoms with E-state index >= 15 is 0 Å². The van der Waals surface area contributed by atoms with E-state index in [0.717, 1.165) is 11.1 Å². The molecule has 4 rings (SSSR count). The topological polar surface area (TPSA) is 167 Å². The van der Waals surface area contributed by atoms with Crippen molar-refractivity contribution < 1.29 is 23.8 Å². The molecule has 0 saturated carbocycles. The Morgan fingerprint density at radius 1 is 1.05 bits per heavy atom. The van der Waals surface area contributed by atoms with Gasteiger partial charge >= 0.3 is 13.5 Å². The first-order valence-electron chi connectivity index (χ1n) is 12.7. The summed E-state index contributed by atoms with van der Waals surface area (Å²) in [5.41, 5.74) is 9.50. The Morgan fingerprint density at radius 3 is 2.27 bits per heavy atom. The second-order valence-electron chi connectivity index (χ2n) is 9.36. The fourth-order valence-electron chi connectivity index (χ4n) is 3.94. The Hall–Kier alpha value is -4.12. The molecular weight excluding hydrogens is 533 g/mol. The summed E-state index contributed by atoms with van der Waals surface area (Å²) in [5, 5.41) is 16.3. The lowest BCUT2D eigenvalue weighted by atomic mass is 10.0. The van der Waals surface area contributed by atoms with Crippen molar-refractivity contribution in [3.63, 3.8) is 0 Å². The normalized spacial score (nSPS) is 14.2. The number of carboxylic acid groups (broad SMARTS) is 1. The molecule has 4 aromatic rings. The number of nitrogen functional groups attached to an aromatic ring is 1. The molecule has 0 saturated heterocycles. The predicted molar refractivity (Wildman–Crippen MR) is 152 cm³/mol. The molecule has 40 heavy (non-hydrogen) atoms. The quantitative estimate of drug-likeness (QED) is 0.116. The molecule has 0 fully saturated rings. The summed E-state index contributed by atoms with van der Waals surface area (Å²) in [7, 11) is -3.90. The van der Waals surface area contributed by atoms with Crippen LogP contribution in [0.1, 0.15) is 25.0 Å². The maximum absolute atomic E-state index is 13.8. The fourth-order valence-corrected chi connectivity index (χ4v) is 5.50. The number of hydrogen-bond donors (Lipinski definition) is 3. The molecule has 0 amide bonds. The lowest BCUT2D eigenvalue weighted by Crippen LogP contribution is -2.33. The molecule has 12 nitrogen and oxygen atoms in total. The third kappa shape index (κ3) is 7.95. The summed E-state index contributed by atoms with van der Waals surface area (Å²) < 4.78 is 27.0. The van der Waals surface area contributed by atoms with Gasteiger partial charge in [0.25, 0.3) is 0 Å². The number of imidazole rings is 1. The van der Waals surface area contributed by atoms with Crippen LogP contribution in [0.2, 0.25) is 0 Å². The van der Waals surface area contributed by atoms with Crippen LogP contribution in [0, 0.1) is 0 Å². The zero-order valence-electron chi connectivity index (χ0n) is 22.3. The number of ether oxygens (including phenoxy) is 1. The summed E-state index contributed by atoms with van der Waals surface area (Å²) in [6, 6.07) is 18.3. The molecule has 1 unspecified atom stereocenters. The number of hydrogen-bond acceptors (Lipinski definition) is 9. The molecule has 2 heterocycles. The van der Waals surface area contributed by atoms with Crippen molar-refractivity contribution in [2.75, 3.05) is 12.1 Å². The highest BCUT2D eigenvalue weighted by molar-refractivity contribution is 7.56. The van der Waals surface area contributed by atoms with Gasteiger partial charge in [0.15, 0.2) is 11.5 Å². The van der Waals surface area contributed by atoms with Crippen LogP contribution in [0.15, 0.2) is 78.5 Å². The van der Waals surface area contributed by atoms with Crippen LogP contribution in [0.3, 0.4) is 0 Å². The number of carbonyl (C=O) groups is 1. The first kappa shape index (κ1) is 28.9. The molecule has 2 aromatic carbocycles. The second kappa shape index (κ2) is 13.3. The minimum Gasteiger partial charge on any atom is -0.480 e. The zero-order valence-corrected chi connectivity index (χ0v) is 23.1. The van der Waals surface area contributed by atoms with E-state index in [1.165, 1.54) is 13.3 Å². The minimum atomic E-state index is -3.90. The first-order chi connectivity index (χ1) is 19.2. The number of oxime groups is 1. The van der Waals surface area contributed by atoms with Gasteiger partial charge in [-0.1, -0.05) is 65.8 Å². The van der Waals surface area contributed by atoms with Crippen LogP contribution in [-0.2, 0) is 38.1 Å².